The van der Waals surface area contributed by atoms with Crippen molar-refractivity contribution in [3.05, 3.63) is 17.5 Å². The molecule has 2 N–H and O–H groups in total. The van der Waals surface area contributed by atoms with Crippen LogP contribution in [0.15, 0.2) is 6.07 Å². The third-order valence-electron chi connectivity index (χ3n) is 3.46. The Morgan fingerprint density at radius 2 is 2.44 bits per heavy atom. The third kappa shape index (κ3) is 2.13. The molecule has 1 unspecified atom stereocenters. The Bertz CT molecular complexity index is 353. The topological polar surface area (TPSA) is 53.1 Å². The lowest BCUT2D eigenvalue weighted by atomic mass is 9.82. The van der Waals surface area contributed by atoms with E-state index in [1.54, 1.807) is 0 Å². The summed E-state index contributed by atoms with van der Waals surface area (Å²) in [5.74, 6) is 0. The number of nitrogens with two attached hydrogens (primary N) is 1. The fraction of sp³-hybridized carbons (Fsp3) is 0.750. The first-order valence-electron chi connectivity index (χ1n) is 6.00. The van der Waals surface area contributed by atoms with Crippen LogP contribution < -0.4 is 5.73 Å². The summed E-state index contributed by atoms with van der Waals surface area (Å²) in [7, 11) is 0. The predicted octanol–water partition coefficient (Wildman–Crippen LogP) is 1.12. The molecule has 4 nitrogen and oxygen atoms in total. The van der Waals surface area contributed by atoms with Crippen molar-refractivity contribution in [3.8, 4) is 0 Å². The van der Waals surface area contributed by atoms with Crippen LogP contribution in [0.2, 0.25) is 0 Å². The first kappa shape index (κ1) is 11.6. The van der Waals surface area contributed by atoms with Gasteiger partial charge in [0, 0.05) is 30.8 Å². The van der Waals surface area contributed by atoms with Gasteiger partial charge in [0.05, 0.1) is 12.3 Å². The summed E-state index contributed by atoms with van der Waals surface area (Å²) in [6, 6.07) is 2.17. The van der Waals surface area contributed by atoms with Crippen LogP contribution in [0.5, 0.6) is 0 Å². The van der Waals surface area contributed by atoms with Crippen LogP contribution in [0.4, 0.5) is 0 Å². The van der Waals surface area contributed by atoms with E-state index in [0.717, 1.165) is 38.3 Å². The lowest BCUT2D eigenvalue weighted by Crippen LogP contribution is -2.34. The molecule has 0 aromatic carbocycles. The normalized spacial score (nSPS) is 25.2. The minimum Gasteiger partial charge on any atom is -0.381 e. The van der Waals surface area contributed by atoms with Crippen molar-refractivity contribution in [2.75, 3.05) is 19.8 Å². The van der Waals surface area contributed by atoms with Crippen LogP contribution in [0.25, 0.3) is 0 Å². The molecule has 0 aliphatic carbocycles. The van der Waals surface area contributed by atoms with Crippen LogP contribution in [0.1, 0.15) is 24.7 Å². The number of hydrogen-bond acceptors (Lipinski definition) is 3. The predicted molar refractivity (Wildman–Crippen MR) is 63.3 cm³/mol. The van der Waals surface area contributed by atoms with Crippen LogP contribution in [0, 0.1) is 12.3 Å². The van der Waals surface area contributed by atoms with Crippen molar-refractivity contribution < 1.29 is 4.74 Å². The molecule has 2 heterocycles. The van der Waals surface area contributed by atoms with Gasteiger partial charge in [0.25, 0.3) is 0 Å². The molecule has 4 heteroatoms. The van der Waals surface area contributed by atoms with Crippen molar-refractivity contribution in [3.63, 3.8) is 0 Å². The van der Waals surface area contributed by atoms with E-state index in [4.69, 9.17) is 10.5 Å². The molecule has 0 bridgehead atoms. The quantitative estimate of drug-likeness (QED) is 0.832. The van der Waals surface area contributed by atoms with Gasteiger partial charge in [0.1, 0.15) is 0 Å². The molecule has 0 spiro atoms. The molecule has 1 aliphatic heterocycles. The van der Waals surface area contributed by atoms with Crippen molar-refractivity contribution in [1.82, 2.24) is 9.78 Å². The molecule has 0 saturated carbocycles. The molecule has 2 rings (SSSR count). The molecule has 1 aliphatic rings. The van der Waals surface area contributed by atoms with Gasteiger partial charge in [-0.15, -0.1) is 0 Å². The van der Waals surface area contributed by atoms with Crippen molar-refractivity contribution >= 4 is 0 Å². The van der Waals surface area contributed by atoms with Crippen molar-refractivity contribution in [1.29, 1.82) is 0 Å². The van der Waals surface area contributed by atoms with Gasteiger partial charge >= 0.3 is 0 Å². The summed E-state index contributed by atoms with van der Waals surface area (Å²) in [5, 5.41) is 4.47. The summed E-state index contributed by atoms with van der Waals surface area (Å²) >= 11 is 0. The molecule has 90 valence electrons. The zero-order valence-electron chi connectivity index (χ0n) is 10.2. The summed E-state index contributed by atoms with van der Waals surface area (Å²) in [6.45, 7) is 7.41. The number of nitrogens with zero attached hydrogens (tertiary/aromatic N) is 2. The minimum absolute atomic E-state index is 0.138. The van der Waals surface area contributed by atoms with E-state index in [2.05, 4.69) is 22.8 Å². The maximum atomic E-state index is 5.91. The molecule has 1 aromatic heterocycles. The molecule has 1 aromatic rings. The van der Waals surface area contributed by atoms with Crippen molar-refractivity contribution in [2.45, 2.75) is 33.2 Å². The van der Waals surface area contributed by atoms with E-state index in [0.29, 0.717) is 6.54 Å². The highest BCUT2D eigenvalue weighted by Gasteiger charge is 2.34. The second kappa shape index (κ2) is 4.55. The second-order valence-electron chi connectivity index (χ2n) is 4.78. The van der Waals surface area contributed by atoms with E-state index in [1.807, 2.05) is 6.92 Å². The lowest BCUT2D eigenvalue weighted by Gasteiger charge is -2.25. The van der Waals surface area contributed by atoms with Gasteiger partial charge < -0.3 is 10.5 Å². The Morgan fingerprint density at radius 1 is 1.62 bits per heavy atom. The van der Waals surface area contributed by atoms with E-state index in [-0.39, 0.29) is 5.41 Å². The summed E-state index contributed by atoms with van der Waals surface area (Å²) < 4.78 is 7.57. The highest BCUT2D eigenvalue weighted by atomic mass is 16.5. The van der Waals surface area contributed by atoms with E-state index in [9.17, 15) is 0 Å². The lowest BCUT2D eigenvalue weighted by molar-refractivity contribution is 0.153. The fourth-order valence-corrected chi connectivity index (χ4v) is 2.42. The van der Waals surface area contributed by atoms with Crippen LogP contribution in [0.3, 0.4) is 0 Å². The summed E-state index contributed by atoms with van der Waals surface area (Å²) in [6.07, 6.45) is 2.05. The van der Waals surface area contributed by atoms with Gasteiger partial charge in [-0.3, -0.25) is 4.68 Å². The number of rotatable bonds is 4. The van der Waals surface area contributed by atoms with E-state index >= 15 is 0 Å². The zero-order valence-corrected chi connectivity index (χ0v) is 10.2. The molecule has 1 saturated heterocycles. The Labute approximate surface area is 96.8 Å². The Morgan fingerprint density at radius 3 is 3.00 bits per heavy atom. The van der Waals surface area contributed by atoms with Crippen LogP contribution in [-0.4, -0.2) is 29.5 Å². The van der Waals surface area contributed by atoms with Gasteiger partial charge in [-0.25, -0.2) is 0 Å². The molecule has 1 atom stereocenters. The van der Waals surface area contributed by atoms with Gasteiger partial charge in [-0.2, -0.15) is 5.10 Å². The average molecular weight is 223 g/mol. The Kier molecular flexibility index (Phi) is 3.30. The molecular weight excluding hydrogens is 202 g/mol. The smallest absolute Gasteiger partial charge is 0.0596 e. The average Bonchev–Trinajstić information content (AvgIpc) is 2.86. The largest absolute Gasteiger partial charge is 0.381 e. The van der Waals surface area contributed by atoms with Gasteiger partial charge in [-0.1, -0.05) is 0 Å². The monoisotopic (exact) mass is 223 g/mol. The Hall–Kier alpha value is -0.870. The molecular formula is C12H21N3O. The standard InChI is InChI=1S/C12H21N3O/c1-3-15-11(6-10(2)14-15)7-12(8-13)4-5-16-9-12/h6H,3-5,7-9,13H2,1-2H3. The molecule has 0 radical (unpaired) electrons. The first-order chi connectivity index (χ1) is 7.69. The molecule has 16 heavy (non-hydrogen) atoms. The summed E-state index contributed by atoms with van der Waals surface area (Å²) in [5.41, 5.74) is 8.42. The second-order valence-corrected chi connectivity index (χ2v) is 4.78. The zero-order chi connectivity index (χ0) is 11.6. The van der Waals surface area contributed by atoms with Gasteiger partial charge in [0.15, 0.2) is 0 Å². The van der Waals surface area contributed by atoms with E-state index in [1.165, 1.54) is 5.69 Å². The van der Waals surface area contributed by atoms with E-state index < -0.39 is 0 Å². The number of hydrogen-bond donors (Lipinski definition) is 1. The highest BCUT2D eigenvalue weighted by Crippen LogP contribution is 2.31. The van der Waals surface area contributed by atoms with Gasteiger partial charge in [0.2, 0.25) is 0 Å². The Balaban J connectivity index is 2.18. The highest BCUT2D eigenvalue weighted by molar-refractivity contribution is 5.12. The third-order valence-corrected chi connectivity index (χ3v) is 3.46. The maximum Gasteiger partial charge on any atom is 0.0596 e. The van der Waals surface area contributed by atoms with Crippen molar-refractivity contribution in [2.24, 2.45) is 11.1 Å². The summed E-state index contributed by atoms with van der Waals surface area (Å²) in [4.78, 5) is 0. The van der Waals surface area contributed by atoms with Crippen LogP contribution in [-0.2, 0) is 17.7 Å². The molecule has 0 amide bonds. The van der Waals surface area contributed by atoms with Crippen LogP contribution >= 0.6 is 0 Å². The number of aromatic nitrogens is 2. The SMILES string of the molecule is CCn1nc(C)cc1CC1(CN)CCOC1. The first-order valence-corrected chi connectivity index (χ1v) is 6.00. The minimum atomic E-state index is 0.138. The fourth-order valence-electron chi connectivity index (χ4n) is 2.42. The number of ether oxygens (including phenoxy) is 1. The van der Waals surface area contributed by atoms with Gasteiger partial charge in [-0.05, 0) is 32.8 Å². The number of aryl methyl sites for hydroxylation is 2. The maximum absolute atomic E-state index is 5.91. The molecule has 1 fully saturated rings.